The third-order valence-corrected chi connectivity index (χ3v) is 3.94. The van der Waals surface area contributed by atoms with Gasteiger partial charge in [0.1, 0.15) is 12.4 Å². The van der Waals surface area contributed by atoms with Crippen molar-refractivity contribution in [3.05, 3.63) is 29.8 Å². The van der Waals surface area contributed by atoms with Crippen LogP contribution >= 0.6 is 0 Å². The standard InChI is InChI=1S/C17H27NO/c1-14(2)16-10-6-7-11-17(16)19-13-12-18-15-8-4-3-5-9-15/h6-7,10-11,14-15,18H,3-5,8-9,12-13H2,1-2H3. The summed E-state index contributed by atoms with van der Waals surface area (Å²) in [5.41, 5.74) is 1.31. The van der Waals surface area contributed by atoms with E-state index in [4.69, 9.17) is 4.74 Å². The third kappa shape index (κ3) is 4.54. The fraction of sp³-hybridized carbons (Fsp3) is 0.647. The fourth-order valence-corrected chi connectivity index (χ4v) is 2.82. The molecule has 0 atom stereocenters. The Balaban J connectivity index is 1.73. The first kappa shape index (κ1) is 14.4. The van der Waals surface area contributed by atoms with Crippen LogP contribution in [0.15, 0.2) is 24.3 Å². The summed E-state index contributed by atoms with van der Waals surface area (Å²) in [6.45, 7) is 6.14. The van der Waals surface area contributed by atoms with Gasteiger partial charge in [-0.25, -0.2) is 0 Å². The van der Waals surface area contributed by atoms with Gasteiger partial charge < -0.3 is 10.1 Å². The Hall–Kier alpha value is -1.02. The number of hydrogen-bond donors (Lipinski definition) is 1. The molecule has 1 aromatic carbocycles. The van der Waals surface area contributed by atoms with Gasteiger partial charge in [-0.2, -0.15) is 0 Å². The molecule has 2 heteroatoms. The highest BCUT2D eigenvalue weighted by Crippen LogP contribution is 2.25. The molecule has 0 saturated heterocycles. The van der Waals surface area contributed by atoms with Crippen molar-refractivity contribution in [2.75, 3.05) is 13.2 Å². The van der Waals surface area contributed by atoms with Gasteiger partial charge in [-0.15, -0.1) is 0 Å². The van der Waals surface area contributed by atoms with Crippen molar-refractivity contribution in [2.24, 2.45) is 0 Å². The van der Waals surface area contributed by atoms with E-state index in [1.165, 1.54) is 37.7 Å². The summed E-state index contributed by atoms with van der Waals surface area (Å²) in [6.07, 6.45) is 6.85. The van der Waals surface area contributed by atoms with Crippen LogP contribution in [-0.2, 0) is 0 Å². The average Bonchev–Trinajstić information content (AvgIpc) is 2.45. The van der Waals surface area contributed by atoms with Crippen molar-refractivity contribution in [1.82, 2.24) is 5.32 Å². The molecule has 0 bridgehead atoms. The van der Waals surface area contributed by atoms with E-state index >= 15 is 0 Å². The van der Waals surface area contributed by atoms with E-state index in [1.54, 1.807) is 0 Å². The SMILES string of the molecule is CC(C)c1ccccc1OCCNC1CCCCC1. The largest absolute Gasteiger partial charge is 0.492 e. The Morgan fingerprint density at radius 2 is 1.89 bits per heavy atom. The second kappa shape index (κ2) is 7.54. The molecule has 1 aromatic rings. The maximum Gasteiger partial charge on any atom is 0.122 e. The minimum absolute atomic E-state index is 0.516. The van der Waals surface area contributed by atoms with Gasteiger partial charge in [0.25, 0.3) is 0 Å². The molecule has 0 heterocycles. The van der Waals surface area contributed by atoms with Gasteiger partial charge in [0.05, 0.1) is 0 Å². The highest BCUT2D eigenvalue weighted by molar-refractivity contribution is 5.35. The van der Waals surface area contributed by atoms with Gasteiger partial charge in [0, 0.05) is 12.6 Å². The molecule has 19 heavy (non-hydrogen) atoms. The first-order valence-corrected chi connectivity index (χ1v) is 7.72. The van der Waals surface area contributed by atoms with Crippen molar-refractivity contribution in [1.29, 1.82) is 0 Å². The Morgan fingerprint density at radius 3 is 2.63 bits per heavy atom. The normalized spacial score (nSPS) is 16.8. The summed E-state index contributed by atoms with van der Waals surface area (Å²) in [7, 11) is 0. The number of nitrogens with one attached hydrogen (secondary N) is 1. The Morgan fingerprint density at radius 1 is 1.16 bits per heavy atom. The summed E-state index contributed by atoms with van der Waals surface area (Å²) in [4.78, 5) is 0. The lowest BCUT2D eigenvalue weighted by Gasteiger charge is -2.23. The lowest BCUT2D eigenvalue weighted by molar-refractivity contribution is 0.286. The summed E-state index contributed by atoms with van der Waals surface area (Å²) < 4.78 is 5.93. The minimum Gasteiger partial charge on any atom is -0.492 e. The summed E-state index contributed by atoms with van der Waals surface area (Å²) >= 11 is 0. The summed E-state index contributed by atoms with van der Waals surface area (Å²) in [5, 5.41) is 3.62. The van der Waals surface area contributed by atoms with E-state index in [-0.39, 0.29) is 0 Å². The van der Waals surface area contributed by atoms with Gasteiger partial charge >= 0.3 is 0 Å². The zero-order valence-corrected chi connectivity index (χ0v) is 12.3. The van der Waals surface area contributed by atoms with Gasteiger partial charge in [-0.1, -0.05) is 51.3 Å². The molecule has 106 valence electrons. The number of benzene rings is 1. The zero-order valence-electron chi connectivity index (χ0n) is 12.3. The summed E-state index contributed by atoms with van der Waals surface area (Å²) in [6, 6.07) is 9.10. The molecule has 2 nitrogen and oxygen atoms in total. The summed E-state index contributed by atoms with van der Waals surface area (Å²) in [5.74, 6) is 1.56. The smallest absolute Gasteiger partial charge is 0.122 e. The van der Waals surface area contributed by atoms with Crippen LogP contribution < -0.4 is 10.1 Å². The van der Waals surface area contributed by atoms with E-state index in [0.717, 1.165) is 24.9 Å². The van der Waals surface area contributed by atoms with Crippen molar-refractivity contribution in [3.63, 3.8) is 0 Å². The molecular formula is C17H27NO. The lowest BCUT2D eigenvalue weighted by Crippen LogP contribution is -2.34. The van der Waals surface area contributed by atoms with Crippen molar-refractivity contribution in [3.8, 4) is 5.75 Å². The Kier molecular flexibility index (Phi) is 5.71. The highest BCUT2D eigenvalue weighted by atomic mass is 16.5. The zero-order chi connectivity index (χ0) is 13.5. The molecule has 2 rings (SSSR count). The van der Waals surface area contributed by atoms with Crippen LogP contribution in [0.3, 0.4) is 0 Å². The van der Waals surface area contributed by atoms with Crippen molar-refractivity contribution >= 4 is 0 Å². The quantitative estimate of drug-likeness (QED) is 0.778. The first-order chi connectivity index (χ1) is 9.27. The van der Waals surface area contributed by atoms with Crippen LogP contribution in [0.25, 0.3) is 0 Å². The van der Waals surface area contributed by atoms with E-state index in [1.807, 2.05) is 0 Å². The predicted molar refractivity (Wildman–Crippen MR) is 80.9 cm³/mol. The van der Waals surface area contributed by atoms with Gasteiger partial charge in [0.15, 0.2) is 0 Å². The third-order valence-electron chi connectivity index (χ3n) is 3.94. The topological polar surface area (TPSA) is 21.3 Å². The van der Waals surface area contributed by atoms with Crippen LogP contribution in [-0.4, -0.2) is 19.2 Å². The van der Waals surface area contributed by atoms with E-state index < -0.39 is 0 Å². The molecule has 0 amide bonds. The molecular weight excluding hydrogens is 234 g/mol. The van der Waals surface area contributed by atoms with Gasteiger partial charge in [-0.3, -0.25) is 0 Å². The molecule has 1 aliphatic rings. The van der Waals surface area contributed by atoms with Crippen LogP contribution in [0.4, 0.5) is 0 Å². The van der Waals surface area contributed by atoms with Crippen molar-refractivity contribution in [2.45, 2.75) is 57.9 Å². The van der Waals surface area contributed by atoms with E-state index in [9.17, 15) is 0 Å². The molecule has 1 fully saturated rings. The van der Waals surface area contributed by atoms with Crippen molar-refractivity contribution < 1.29 is 4.74 Å². The average molecular weight is 261 g/mol. The van der Waals surface area contributed by atoms with Crippen LogP contribution in [0.1, 0.15) is 57.4 Å². The van der Waals surface area contributed by atoms with Crippen LogP contribution in [0.2, 0.25) is 0 Å². The Labute approximate surface area is 117 Å². The molecule has 0 spiro atoms. The molecule has 0 aliphatic heterocycles. The molecule has 1 N–H and O–H groups in total. The minimum atomic E-state index is 0.516. The fourth-order valence-electron chi connectivity index (χ4n) is 2.82. The number of ether oxygens (including phenoxy) is 1. The number of para-hydroxylation sites is 1. The predicted octanol–water partition coefficient (Wildman–Crippen LogP) is 4.11. The van der Waals surface area contributed by atoms with Gasteiger partial charge in [0.2, 0.25) is 0 Å². The molecule has 1 aliphatic carbocycles. The van der Waals surface area contributed by atoms with Gasteiger partial charge in [-0.05, 0) is 30.4 Å². The van der Waals surface area contributed by atoms with Crippen LogP contribution in [0.5, 0.6) is 5.75 Å². The highest BCUT2D eigenvalue weighted by Gasteiger charge is 2.12. The number of rotatable bonds is 6. The Bertz CT molecular complexity index is 369. The monoisotopic (exact) mass is 261 g/mol. The maximum absolute atomic E-state index is 5.93. The second-order valence-electron chi connectivity index (χ2n) is 5.83. The number of hydrogen-bond acceptors (Lipinski definition) is 2. The maximum atomic E-state index is 5.93. The lowest BCUT2D eigenvalue weighted by atomic mass is 9.96. The molecule has 0 radical (unpaired) electrons. The first-order valence-electron chi connectivity index (χ1n) is 7.72. The molecule has 0 aromatic heterocycles. The molecule has 1 saturated carbocycles. The van der Waals surface area contributed by atoms with E-state index in [0.29, 0.717) is 5.92 Å². The second-order valence-corrected chi connectivity index (χ2v) is 5.83. The molecule has 0 unspecified atom stereocenters. The van der Waals surface area contributed by atoms with Crippen LogP contribution in [0, 0.1) is 0 Å². The van der Waals surface area contributed by atoms with E-state index in [2.05, 4.69) is 43.4 Å².